The molecule has 2 rings (SSSR count). The highest BCUT2D eigenvalue weighted by atomic mass is 35.5. The summed E-state index contributed by atoms with van der Waals surface area (Å²) in [5, 5.41) is 8.14. The van der Waals surface area contributed by atoms with Crippen molar-refractivity contribution in [2.45, 2.75) is 45.2 Å². The van der Waals surface area contributed by atoms with Crippen LogP contribution in [0.1, 0.15) is 31.7 Å². The number of benzene rings is 1. The number of halogens is 1. The van der Waals surface area contributed by atoms with Crippen molar-refractivity contribution in [3.05, 3.63) is 34.9 Å². The Morgan fingerprint density at radius 3 is 2.75 bits per heavy atom. The van der Waals surface area contributed by atoms with E-state index in [2.05, 4.69) is 14.9 Å². The Kier molecular flexibility index (Phi) is 6.20. The molecule has 0 bridgehead atoms. The second-order valence-electron chi connectivity index (χ2n) is 5.25. The van der Waals surface area contributed by atoms with Crippen molar-refractivity contribution in [2.75, 3.05) is 6.61 Å². The van der Waals surface area contributed by atoms with Gasteiger partial charge in [0.2, 0.25) is 10.0 Å². The highest BCUT2D eigenvalue weighted by Crippen LogP contribution is 2.30. The van der Waals surface area contributed by atoms with Gasteiger partial charge in [0.05, 0.1) is 13.2 Å². The Balaban J connectivity index is 2.27. The summed E-state index contributed by atoms with van der Waals surface area (Å²) >= 11 is 6.08. The van der Waals surface area contributed by atoms with Gasteiger partial charge in [0.1, 0.15) is 22.8 Å². The molecule has 0 radical (unpaired) electrons. The molecule has 1 aromatic carbocycles. The summed E-state index contributed by atoms with van der Waals surface area (Å²) in [6, 6.07) is 3.03. The number of rotatable bonds is 8. The maximum absolute atomic E-state index is 12.6. The fourth-order valence-corrected chi connectivity index (χ4v) is 3.55. The lowest BCUT2D eigenvalue weighted by Crippen LogP contribution is -2.25. The second-order valence-corrected chi connectivity index (χ2v) is 7.39. The molecular formula is C15H21ClN4O3S. The highest BCUT2D eigenvalue weighted by Gasteiger charge is 2.22. The van der Waals surface area contributed by atoms with E-state index in [1.807, 2.05) is 11.5 Å². The first kappa shape index (κ1) is 18.7. The minimum absolute atomic E-state index is 0.0153. The molecule has 0 amide bonds. The van der Waals surface area contributed by atoms with Gasteiger partial charge in [-0.05, 0) is 38.0 Å². The molecule has 0 aliphatic heterocycles. The van der Waals surface area contributed by atoms with E-state index in [4.69, 9.17) is 16.3 Å². The van der Waals surface area contributed by atoms with Crippen LogP contribution in [0.2, 0.25) is 5.02 Å². The number of aromatic nitrogens is 3. The van der Waals surface area contributed by atoms with Crippen molar-refractivity contribution in [3.63, 3.8) is 0 Å². The number of nitrogens with one attached hydrogen (secondary N) is 1. The SMILES string of the molecule is CCCn1cnnc1CNS(=O)(=O)c1cc(Cl)c(C)cc1OCC. The van der Waals surface area contributed by atoms with E-state index in [-0.39, 0.29) is 17.2 Å². The van der Waals surface area contributed by atoms with E-state index >= 15 is 0 Å². The maximum Gasteiger partial charge on any atom is 0.244 e. The predicted octanol–water partition coefficient (Wildman–Crippen LogP) is 2.53. The zero-order chi connectivity index (χ0) is 17.7. The molecular weight excluding hydrogens is 352 g/mol. The zero-order valence-corrected chi connectivity index (χ0v) is 15.5. The van der Waals surface area contributed by atoms with Gasteiger partial charge >= 0.3 is 0 Å². The van der Waals surface area contributed by atoms with E-state index in [1.54, 1.807) is 26.2 Å². The van der Waals surface area contributed by atoms with Gasteiger partial charge in [0, 0.05) is 11.6 Å². The molecule has 0 aliphatic rings. The van der Waals surface area contributed by atoms with E-state index in [1.165, 1.54) is 6.07 Å². The van der Waals surface area contributed by atoms with Crippen LogP contribution in [0.4, 0.5) is 0 Å². The van der Waals surface area contributed by atoms with Gasteiger partial charge in [-0.1, -0.05) is 18.5 Å². The molecule has 1 heterocycles. The van der Waals surface area contributed by atoms with Crippen LogP contribution in [-0.2, 0) is 23.1 Å². The number of hydrogen-bond acceptors (Lipinski definition) is 5. The van der Waals surface area contributed by atoms with Crippen molar-refractivity contribution < 1.29 is 13.2 Å². The molecule has 0 spiro atoms. The quantitative estimate of drug-likeness (QED) is 0.769. The van der Waals surface area contributed by atoms with Crippen molar-refractivity contribution in [3.8, 4) is 5.75 Å². The summed E-state index contributed by atoms with van der Waals surface area (Å²) in [7, 11) is -3.80. The average molecular weight is 373 g/mol. The van der Waals surface area contributed by atoms with Crippen LogP contribution in [0.5, 0.6) is 5.75 Å². The van der Waals surface area contributed by atoms with Gasteiger partial charge in [-0.25, -0.2) is 13.1 Å². The van der Waals surface area contributed by atoms with Crippen LogP contribution in [-0.4, -0.2) is 29.8 Å². The maximum atomic E-state index is 12.6. The molecule has 0 atom stereocenters. The average Bonchev–Trinajstić information content (AvgIpc) is 2.97. The van der Waals surface area contributed by atoms with Crippen LogP contribution < -0.4 is 9.46 Å². The normalized spacial score (nSPS) is 11.7. The lowest BCUT2D eigenvalue weighted by molar-refractivity contribution is 0.330. The van der Waals surface area contributed by atoms with E-state index in [0.717, 1.165) is 18.5 Å². The van der Waals surface area contributed by atoms with Gasteiger partial charge < -0.3 is 9.30 Å². The monoisotopic (exact) mass is 372 g/mol. The van der Waals surface area contributed by atoms with Gasteiger partial charge in [-0.3, -0.25) is 0 Å². The largest absolute Gasteiger partial charge is 0.492 e. The summed E-state index contributed by atoms with van der Waals surface area (Å²) in [5.41, 5.74) is 0.752. The minimum atomic E-state index is -3.80. The molecule has 24 heavy (non-hydrogen) atoms. The molecule has 0 fully saturated rings. The van der Waals surface area contributed by atoms with E-state index < -0.39 is 10.0 Å². The zero-order valence-electron chi connectivity index (χ0n) is 13.9. The summed E-state index contributed by atoms with van der Waals surface area (Å²) in [6.45, 7) is 6.73. The summed E-state index contributed by atoms with van der Waals surface area (Å²) in [5.74, 6) is 0.832. The van der Waals surface area contributed by atoms with E-state index in [9.17, 15) is 8.42 Å². The van der Waals surface area contributed by atoms with Gasteiger partial charge in [0.15, 0.2) is 0 Å². The Labute approximate surface area is 147 Å². The molecule has 0 saturated heterocycles. The predicted molar refractivity (Wildman–Crippen MR) is 91.7 cm³/mol. The Morgan fingerprint density at radius 1 is 1.33 bits per heavy atom. The highest BCUT2D eigenvalue weighted by molar-refractivity contribution is 7.89. The molecule has 1 aromatic heterocycles. The second kappa shape index (κ2) is 7.96. The lowest BCUT2D eigenvalue weighted by Gasteiger charge is -2.14. The van der Waals surface area contributed by atoms with Crippen LogP contribution in [0.15, 0.2) is 23.4 Å². The molecule has 2 aromatic rings. The minimum Gasteiger partial charge on any atom is -0.492 e. The number of hydrogen-bond donors (Lipinski definition) is 1. The molecule has 0 aliphatic carbocycles. The summed E-state index contributed by atoms with van der Waals surface area (Å²) < 4.78 is 35.1. The van der Waals surface area contributed by atoms with Crippen molar-refractivity contribution in [2.24, 2.45) is 0 Å². The van der Waals surface area contributed by atoms with Crippen molar-refractivity contribution in [1.29, 1.82) is 0 Å². The number of aryl methyl sites for hydroxylation is 2. The standard InChI is InChI=1S/C15H21ClN4O3S/c1-4-6-20-10-17-19-15(20)9-18-24(21,22)14-8-12(16)11(3)7-13(14)23-5-2/h7-8,10,18H,4-6,9H2,1-3H3. The number of sulfonamides is 1. The Hall–Kier alpha value is -1.64. The third-order valence-electron chi connectivity index (χ3n) is 3.39. The summed E-state index contributed by atoms with van der Waals surface area (Å²) in [6.07, 6.45) is 2.49. The van der Waals surface area contributed by atoms with Crippen molar-refractivity contribution in [1.82, 2.24) is 19.5 Å². The molecule has 1 N–H and O–H groups in total. The molecule has 9 heteroatoms. The van der Waals surface area contributed by atoms with Crippen LogP contribution in [0.3, 0.4) is 0 Å². The van der Waals surface area contributed by atoms with Gasteiger partial charge in [-0.2, -0.15) is 0 Å². The van der Waals surface area contributed by atoms with Gasteiger partial charge in [0.25, 0.3) is 0 Å². The Morgan fingerprint density at radius 2 is 2.08 bits per heavy atom. The first-order valence-corrected chi connectivity index (χ1v) is 9.54. The third-order valence-corrected chi connectivity index (χ3v) is 5.22. The molecule has 7 nitrogen and oxygen atoms in total. The van der Waals surface area contributed by atoms with Crippen molar-refractivity contribution >= 4 is 21.6 Å². The lowest BCUT2D eigenvalue weighted by atomic mass is 10.2. The fraction of sp³-hybridized carbons (Fsp3) is 0.467. The molecule has 0 unspecified atom stereocenters. The first-order valence-electron chi connectivity index (χ1n) is 7.68. The number of ether oxygens (including phenoxy) is 1. The first-order chi connectivity index (χ1) is 11.4. The van der Waals surface area contributed by atoms with Crippen LogP contribution >= 0.6 is 11.6 Å². The smallest absolute Gasteiger partial charge is 0.244 e. The Bertz CT molecular complexity index is 805. The molecule has 0 saturated carbocycles. The van der Waals surface area contributed by atoms with Crippen LogP contribution in [0.25, 0.3) is 0 Å². The molecule has 132 valence electrons. The van der Waals surface area contributed by atoms with Crippen LogP contribution in [0, 0.1) is 6.92 Å². The fourth-order valence-electron chi connectivity index (χ4n) is 2.20. The van der Waals surface area contributed by atoms with Gasteiger partial charge in [-0.15, -0.1) is 10.2 Å². The third kappa shape index (κ3) is 4.25. The number of nitrogens with zero attached hydrogens (tertiary/aromatic N) is 3. The summed E-state index contributed by atoms with van der Waals surface area (Å²) in [4.78, 5) is 0.0153. The topological polar surface area (TPSA) is 86.1 Å². The van der Waals surface area contributed by atoms with E-state index in [0.29, 0.717) is 17.5 Å².